The van der Waals surface area contributed by atoms with Gasteiger partial charge in [0.15, 0.2) is 0 Å². The number of carbonyl (C=O) groups is 1. The van der Waals surface area contributed by atoms with Crippen molar-refractivity contribution >= 4 is 28.4 Å². The van der Waals surface area contributed by atoms with Crippen LogP contribution in [0.5, 0.6) is 0 Å². The van der Waals surface area contributed by atoms with Gasteiger partial charge in [-0.05, 0) is 55.7 Å². The van der Waals surface area contributed by atoms with E-state index in [-0.39, 0.29) is 17.4 Å². The summed E-state index contributed by atoms with van der Waals surface area (Å²) >= 11 is 6.44. The van der Waals surface area contributed by atoms with Crippen LogP contribution in [0.15, 0.2) is 77.6 Å². The molecule has 0 N–H and O–H groups in total. The van der Waals surface area contributed by atoms with Gasteiger partial charge in [-0.1, -0.05) is 74.0 Å². The van der Waals surface area contributed by atoms with Crippen molar-refractivity contribution in [1.82, 2.24) is 14.5 Å². The third kappa shape index (κ3) is 5.01. The predicted molar refractivity (Wildman–Crippen MR) is 142 cm³/mol. The second kappa shape index (κ2) is 10.4. The van der Waals surface area contributed by atoms with E-state index >= 15 is 0 Å². The minimum absolute atomic E-state index is 0.0187. The largest absolute Gasteiger partial charge is 0.332 e. The highest BCUT2D eigenvalue weighted by Gasteiger charge is 2.28. The minimum Gasteiger partial charge on any atom is -0.332 e. The van der Waals surface area contributed by atoms with Gasteiger partial charge in [-0.15, -0.1) is 0 Å². The van der Waals surface area contributed by atoms with Crippen LogP contribution in [0.3, 0.4) is 0 Å². The molecule has 1 amide bonds. The number of benzene rings is 3. The lowest BCUT2D eigenvalue weighted by atomic mass is 10.1. The number of aromatic nitrogens is 2. The molecule has 0 bridgehead atoms. The second-order valence-corrected chi connectivity index (χ2v) is 9.52. The smallest absolute Gasteiger partial charge is 0.266 e. The molecular formula is C29H30ClN3O2. The van der Waals surface area contributed by atoms with Crippen LogP contribution in [0.25, 0.3) is 16.6 Å². The van der Waals surface area contributed by atoms with Crippen LogP contribution in [0, 0.1) is 12.8 Å². The number of amides is 1. The number of hydrogen-bond donors (Lipinski definition) is 0. The van der Waals surface area contributed by atoms with E-state index in [9.17, 15) is 9.59 Å². The second-order valence-electron chi connectivity index (χ2n) is 9.11. The molecule has 0 fully saturated rings. The van der Waals surface area contributed by atoms with Gasteiger partial charge in [-0.2, -0.15) is 0 Å². The Labute approximate surface area is 211 Å². The van der Waals surface area contributed by atoms with Gasteiger partial charge in [0.05, 0.1) is 22.6 Å². The highest BCUT2D eigenvalue weighted by molar-refractivity contribution is 6.31. The molecule has 0 aliphatic carbocycles. The molecule has 3 aromatic carbocycles. The van der Waals surface area contributed by atoms with E-state index in [2.05, 4.69) is 12.1 Å². The van der Waals surface area contributed by atoms with Crippen LogP contribution in [0.4, 0.5) is 0 Å². The molecule has 0 aliphatic rings. The van der Waals surface area contributed by atoms with Gasteiger partial charge in [0.1, 0.15) is 5.82 Å². The van der Waals surface area contributed by atoms with Crippen LogP contribution >= 0.6 is 11.6 Å². The average Bonchev–Trinajstić information content (AvgIpc) is 2.86. The van der Waals surface area contributed by atoms with E-state index in [1.165, 1.54) is 0 Å². The summed E-state index contributed by atoms with van der Waals surface area (Å²) in [5, 5.41) is 1.09. The van der Waals surface area contributed by atoms with Gasteiger partial charge in [-0.3, -0.25) is 14.2 Å². The Morgan fingerprint density at radius 3 is 2.37 bits per heavy atom. The first-order chi connectivity index (χ1) is 16.8. The molecule has 1 unspecified atom stereocenters. The van der Waals surface area contributed by atoms with E-state index in [4.69, 9.17) is 16.6 Å². The maximum absolute atomic E-state index is 13.8. The monoisotopic (exact) mass is 487 g/mol. The van der Waals surface area contributed by atoms with Crippen LogP contribution in [-0.2, 0) is 11.2 Å². The summed E-state index contributed by atoms with van der Waals surface area (Å²) in [5.74, 6) is 0.341. The molecule has 0 saturated heterocycles. The van der Waals surface area contributed by atoms with E-state index < -0.39 is 6.04 Å². The van der Waals surface area contributed by atoms with Crippen molar-refractivity contribution in [2.75, 3.05) is 6.54 Å². The molecular weight excluding hydrogens is 458 g/mol. The SMILES string of the molecule is Cc1c(Cl)cccc1-n1c(C(C)N(CCc2ccccc2)C(=O)C(C)C)nc2ccccc2c1=O. The summed E-state index contributed by atoms with van der Waals surface area (Å²) in [7, 11) is 0. The van der Waals surface area contributed by atoms with Crippen molar-refractivity contribution in [2.45, 2.75) is 40.2 Å². The molecule has 180 valence electrons. The van der Waals surface area contributed by atoms with Crippen molar-refractivity contribution in [3.63, 3.8) is 0 Å². The fourth-order valence-corrected chi connectivity index (χ4v) is 4.53. The zero-order valence-electron chi connectivity index (χ0n) is 20.5. The van der Waals surface area contributed by atoms with Crippen molar-refractivity contribution in [3.05, 3.63) is 105 Å². The molecule has 1 aromatic heterocycles. The molecule has 35 heavy (non-hydrogen) atoms. The number of rotatable bonds is 7. The molecule has 4 rings (SSSR count). The van der Waals surface area contributed by atoms with E-state index in [1.807, 2.05) is 81.1 Å². The summed E-state index contributed by atoms with van der Waals surface area (Å²) in [6, 6.07) is 22.5. The molecule has 1 heterocycles. The lowest BCUT2D eigenvalue weighted by Gasteiger charge is -2.32. The Morgan fingerprint density at radius 1 is 0.971 bits per heavy atom. The quantitative estimate of drug-likeness (QED) is 0.315. The van der Waals surface area contributed by atoms with Crippen molar-refractivity contribution in [1.29, 1.82) is 0 Å². The molecule has 1 atom stereocenters. The third-order valence-corrected chi connectivity index (χ3v) is 6.79. The normalized spacial score (nSPS) is 12.2. The maximum atomic E-state index is 13.8. The van der Waals surface area contributed by atoms with Gasteiger partial charge in [0.2, 0.25) is 5.91 Å². The number of para-hydroxylation sites is 1. The zero-order chi connectivity index (χ0) is 25.1. The first-order valence-corrected chi connectivity index (χ1v) is 12.3. The summed E-state index contributed by atoms with van der Waals surface area (Å²) in [6.07, 6.45) is 0.706. The summed E-state index contributed by atoms with van der Waals surface area (Å²) in [5.41, 5.74) is 3.03. The highest BCUT2D eigenvalue weighted by atomic mass is 35.5. The highest BCUT2D eigenvalue weighted by Crippen LogP contribution is 2.28. The zero-order valence-corrected chi connectivity index (χ0v) is 21.3. The summed E-state index contributed by atoms with van der Waals surface area (Å²) in [6.45, 7) is 8.14. The molecule has 0 aliphatic heterocycles. The molecule has 0 saturated carbocycles. The number of halogens is 1. The Kier molecular flexibility index (Phi) is 7.37. The number of carbonyl (C=O) groups excluding carboxylic acids is 1. The number of hydrogen-bond acceptors (Lipinski definition) is 3. The standard InChI is InChI=1S/C29H30ClN3O2/c1-19(2)28(34)32(18-17-22-11-6-5-7-12-22)21(4)27-31-25-15-9-8-13-23(25)29(35)33(27)26-16-10-14-24(30)20(26)3/h5-16,19,21H,17-18H2,1-4H3. The van der Waals surface area contributed by atoms with Gasteiger partial charge in [0, 0.05) is 17.5 Å². The Morgan fingerprint density at radius 2 is 1.66 bits per heavy atom. The maximum Gasteiger partial charge on any atom is 0.266 e. The minimum atomic E-state index is -0.440. The number of nitrogens with zero attached hydrogens (tertiary/aromatic N) is 3. The van der Waals surface area contributed by atoms with Gasteiger partial charge in [0.25, 0.3) is 5.56 Å². The van der Waals surface area contributed by atoms with Crippen LogP contribution in [0.2, 0.25) is 5.02 Å². The topological polar surface area (TPSA) is 55.2 Å². The predicted octanol–water partition coefficient (Wildman–Crippen LogP) is 6.14. The van der Waals surface area contributed by atoms with Crippen LogP contribution in [0.1, 0.15) is 43.8 Å². The van der Waals surface area contributed by atoms with E-state index in [1.54, 1.807) is 16.7 Å². The Balaban J connectivity index is 1.89. The molecule has 5 nitrogen and oxygen atoms in total. The summed E-state index contributed by atoms with van der Waals surface area (Å²) in [4.78, 5) is 34.0. The lowest BCUT2D eigenvalue weighted by molar-refractivity contribution is -0.136. The number of fused-ring (bicyclic) bond motifs is 1. The van der Waals surface area contributed by atoms with Crippen molar-refractivity contribution in [3.8, 4) is 5.69 Å². The fourth-order valence-electron chi connectivity index (χ4n) is 4.36. The first kappa shape index (κ1) is 24.7. The first-order valence-electron chi connectivity index (χ1n) is 11.9. The molecule has 0 spiro atoms. The molecule has 6 heteroatoms. The van der Waals surface area contributed by atoms with E-state index in [0.717, 1.165) is 11.1 Å². The van der Waals surface area contributed by atoms with Gasteiger partial charge >= 0.3 is 0 Å². The van der Waals surface area contributed by atoms with Crippen LogP contribution in [-0.4, -0.2) is 26.9 Å². The Hall–Kier alpha value is -3.44. The lowest BCUT2D eigenvalue weighted by Crippen LogP contribution is -2.40. The van der Waals surface area contributed by atoms with Crippen molar-refractivity contribution < 1.29 is 4.79 Å². The third-order valence-electron chi connectivity index (χ3n) is 6.38. The summed E-state index contributed by atoms with van der Waals surface area (Å²) < 4.78 is 1.62. The van der Waals surface area contributed by atoms with E-state index in [0.29, 0.717) is 40.4 Å². The fraction of sp³-hybridized carbons (Fsp3) is 0.276. The van der Waals surface area contributed by atoms with Gasteiger partial charge in [-0.25, -0.2) is 4.98 Å². The molecule has 4 aromatic rings. The van der Waals surface area contributed by atoms with Gasteiger partial charge < -0.3 is 4.90 Å². The van der Waals surface area contributed by atoms with Crippen molar-refractivity contribution in [2.24, 2.45) is 5.92 Å². The Bertz CT molecular complexity index is 1410. The molecule has 0 radical (unpaired) electrons. The van der Waals surface area contributed by atoms with Crippen LogP contribution < -0.4 is 5.56 Å². The average molecular weight is 488 g/mol.